The summed E-state index contributed by atoms with van der Waals surface area (Å²) in [6, 6.07) is 2.52. The van der Waals surface area contributed by atoms with Gasteiger partial charge in [-0.3, -0.25) is 0 Å². The third kappa shape index (κ3) is 3.32. The lowest BCUT2D eigenvalue weighted by Crippen LogP contribution is -2.15. The van der Waals surface area contributed by atoms with E-state index in [1.54, 1.807) is 22.7 Å². The van der Waals surface area contributed by atoms with E-state index in [1.165, 1.54) is 14.2 Å². The largest absolute Gasteiger partial charge is 0.347 e. The van der Waals surface area contributed by atoms with E-state index in [1.807, 2.05) is 13.2 Å². The van der Waals surface area contributed by atoms with E-state index in [0.717, 1.165) is 11.7 Å². The molecule has 18 heavy (non-hydrogen) atoms. The first-order valence-electron chi connectivity index (χ1n) is 5.67. The van der Waals surface area contributed by atoms with E-state index in [9.17, 15) is 0 Å². The third-order valence-corrected chi connectivity index (χ3v) is 5.59. The van der Waals surface area contributed by atoms with Gasteiger partial charge in [0.25, 0.3) is 0 Å². The molecule has 6 heteroatoms. The molecular weight excluding hydrogens is 330 g/mol. The monoisotopic (exact) mass is 345 g/mol. The minimum atomic E-state index is 0.361. The summed E-state index contributed by atoms with van der Waals surface area (Å²) >= 11 is 6.95. The van der Waals surface area contributed by atoms with Crippen LogP contribution in [0.2, 0.25) is 0 Å². The molecule has 0 fully saturated rings. The fraction of sp³-hybridized carbons (Fsp3) is 0.417. The van der Waals surface area contributed by atoms with Gasteiger partial charge >= 0.3 is 0 Å². The molecule has 0 aliphatic carbocycles. The molecule has 1 N–H and O–H groups in total. The van der Waals surface area contributed by atoms with E-state index in [2.05, 4.69) is 56.5 Å². The van der Waals surface area contributed by atoms with Crippen LogP contribution in [0, 0.1) is 0 Å². The number of nitrogens with one attached hydrogen (secondary N) is 1. The van der Waals surface area contributed by atoms with E-state index < -0.39 is 0 Å². The number of anilines is 1. The Bertz CT molecular complexity index is 509. The standard InChI is InChI=1S/C12H16BrN3S2/c1-8(14-2)10-5-15-12(18-10)16(3)6-9-4-11(13)17-7-9/h4-5,7-8,14H,6H2,1-3H3. The number of nitrogens with zero attached hydrogens (tertiary/aromatic N) is 2. The summed E-state index contributed by atoms with van der Waals surface area (Å²) in [5.41, 5.74) is 1.31. The Balaban J connectivity index is 2.04. The number of aromatic nitrogens is 1. The number of hydrogen-bond acceptors (Lipinski definition) is 5. The van der Waals surface area contributed by atoms with Gasteiger partial charge in [0, 0.05) is 30.7 Å². The smallest absolute Gasteiger partial charge is 0.185 e. The van der Waals surface area contributed by atoms with Crippen LogP contribution >= 0.6 is 38.6 Å². The highest BCUT2D eigenvalue weighted by Gasteiger charge is 2.11. The van der Waals surface area contributed by atoms with E-state index in [-0.39, 0.29) is 0 Å². The van der Waals surface area contributed by atoms with Crippen molar-refractivity contribution in [2.24, 2.45) is 0 Å². The summed E-state index contributed by atoms with van der Waals surface area (Å²) in [5.74, 6) is 0. The van der Waals surface area contributed by atoms with Crippen LogP contribution in [0.25, 0.3) is 0 Å². The molecule has 0 amide bonds. The van der Waals surface area contributed by atoms with Crippen LogP contribution in [0.4, 0.5) is 5.13 Å². The Morgan fingerprint density at radius 3 is 2.94 bits per heavy atom. The maximum atomic E-state index is 4.48. The van der Waals surface area contributed by atoms with E-state index in [0.29, 0.717) is 6.04 Å². The van der Waals surface area contributed by atoms with Crippen LogP contribution in [0.5, 0.6) is 0 Å². The summed E-state index contributed by atoms with van der Waals surface area (Å²) in [5, 5.41) is 6.47. The van der Waals surface area contributed by atoms with Crippen LogP contribution < -0.4 is 10.2 Å². The average Bonchev–Trinajstić information content (AvgIpc) is 2.97. The zero-order valence-electron chi connectivity index (χ0n) is 10.6. The molecule has 0 saturated heterocycles. The second-order valence-corrected chi connectivity index (χ2v) is 7.50. The predicted molar refractivity (Wildman–Crippen MR) is 83.7 cm³/mol. The van der Waals surface area contributed by atoms with Crippen molar-refractivity contribution in [1.82, 2.24) is 10.3 Å². The minimum absolute atomic E-state index is 0.361. The Morgan fingerprint density at radius 2 is 2.33 bits per heavy atom. The van der Waals surface area contributed by atoms with Crippen molar-refractivity contribution in [2.75, 3.05) is 19.0 Å². The molecule has 0 bridgehead atoms. The average molecular weight is 346 g/mol. The predicted octanol–water partition coefficient (Wildman–Crippen LogP) is 3.88. The number of hydrogen-bond donors (Lipinski definition) is 1. The SMILES string of the molecule is CNC(C)c1cnc(N(C)Cc2csc(Br)c2)s1. The topological polar surface area (TPSA) is 28.2 Å². The maximum Gasteiger partial charge on any atom is 0.185 e. The molecule has 0 saturated carbocycles. The number of rotatable bonds is 5. The van der Waals surface area contributed by atoms with Crippen LogP contribution in [-0.4, -0.2) is 19.1 Å². The fourth-order valence-corrected chi connectivity index (χ4v) is 3.70. The third-order valence-electron chi connectivity index (χ3n) is 2.74. The normalized spacial score (nSPS) is 12.7. The minimum Gasteiger partial charge on any atom is -0.347 e. The van der Waals surface area contributed by atoms with E-state index in [4.69, 9.17) is 0 Å². The van der Waals surface area contributed by atoms with Gasteiger partial charge in [-0.05, 0) is 46.9 Å². The zero-order valence-corrected chi connectivity index (χ0v) is 13.8. The quantitative estimate of drug-likeness (QED) is 0.890. The molecule has 1 atom stereocenters. The first kappa shape index (κ1) is 14.0. The van der Waals surface area contributed by atoms with Crippen molar-refractivity contribution in [3.63, 3.8) is 0 Å². The van der Waals surface area contributed by atoms with Crippen molar-refractivity contribution < 1.29 is 0 Å². The first-order valence-corrected chi connectivity index (χ1v) is 8.16. The van der Waals surface area contributed by atoms with Gasteiger partial charge in [-0.25, -0.2) is 4.98 Å². The second-order valence-electron chi connectivity index (χ2n) is 4.17. The molecule has 0 aromatic carbocycles. The van der Waals surface area contributed by atoms with Gasteiger partial charge < -0.3 is 10.2 Å². The highest BCUT2D eigenvalue weighted by molar-refractivity contribution is 9.11. The van der Waals surface area contributed by atoms with Gasteiger partial charge in [0.1, 0.15) is 0 Å². The van der Waals surface area contributed by atoms with E-state index >= 15 is 0 Å². The van der Waals surface area contributed by atoms with Crippen molar-refractivity contribution in [3.8, 4) is 0 Å². The molecule has 0 spiro atoms. The number of thiophene rings is 1. The number of thiazole rings is 1. The molecule has 3 nitrogen and oxygen atoms in total. The maximum absolute atomic E-state index is 4.48. The lowest BCUT2D eigenvalue weighted by molar-refractivity contribution is 0.662. The van der Waals surface area contributed by atoms with Crippen LogP contribution in [0.1, 0.15) is 23.4 Å². The Kier molecular flexibility index (Phi) is 4.77. The van der Waals surface area contributed by atoms with Gasteiger partial charge in [0.15, 0.2) is 5.13 Å². The van der Waals surface area contributed by atoms with Crippen molar-refractivity contribution in [2.45, 2.75) is 19.5 Å². The lowest BCUT2D eigenvalue weighted by atomic mass is 10.3. The van der Waals surface area contributed by atoms with Crippen molar-refractivity contribution in [1.29, 1.82) is 0 Å². The summed E-state index contributed by atoms with van der Waals surface area (Å²) in [7, 11) is 4.05. The Morgan fingerprint density at radius 1 is 1.56 bits per heavy atom. The highest BCUT2D eigenvalue weighted by atomic mass is 79.9. The van der Waals surface area contributed by atoms with Gasteiger partial charge in [-0.15, -0.1) is 22.7 Å². The van der Waals surface area contributed by atoms with Crippen LogP contribution in [0.3, 0.4) is 0 Å². The molecule has 2 aromatic rings. The van der Waals surface area contributed by atoms with Gasteiger partial charge in [-0.1, -0.05) is 0 Å². The molecule has 1 unspecified atom stereocenters. The molecule has 2 heterocycles. The highest BCUT2D eigenvalue weighted by Crippen LogP contribution is 2.28. The van der Waals surface area contributed by atoms with Crippen LogP contribution in [0.15, 0.2) is 21.4 Å². The summed E-state index contributed by atoms with van der Waals surface area (Å²) in [4.78, 5) is 7.94. The molecule has 2 rings (SSSR count). The van der Waals surface area contributed by atoms with Crippen LogP contribution in [-0.2, 0) is 6.54 Å². The van der Waals surface area contributed by atoms with Crippen molar-refractivity contribution >= 4 is 43.7 Å². The lowest BCUT2D eigenvalue weighted by Gasteiger charge is -2.14. The van der Waals surface area contributed by atoms with Gasteiger partial charge in [0.05, 0.1) is 3.79 Å². The summed E-state index contributed by atoms with van der Waals surface area (Å²) in [6.45, 7) is 3.04. The Labute approximate surface area is 124 Å². The summed E-state index contributed by atoms with van der Waals surface area (Å²) in [6.07, 6.45) is 1.96. The molecule has 0 aliphatic rings. The molecule has 98 valence electrons. The second kappa shape index (κ2) is 6.14. The molecular formula is C12H16BrN3S2. The first-order chi connectivity index (χ1) is 8.60. The van der Waals surface area contributed by atoms with Crippen molar-refractivity contribution in [3.05, 3.63) is 31.9 Å². The molecule has 0 radical (unpaired) electrons. The number of halogens is 1. The molecule has 0 aliphatic heterocycles. The van der Waals surface area contributed by atoms with Gasteiger partial charge in [-0.2, -0.15) is 0 Å². The van der Waals surface area contributed by atoms with Gasteiger partial charge in [0.2, 0.25) is 0 Å². The Hall–Kier alpha value is -0.430. The zero-order chi connectivity index (χ0) is 13.1. The fourth-order valence-electron chi connectivity index (χ4n) is 1.57. The molecule has 2 aromatic heterocycles. The summed E-state index contributed by atoms with van der Waals surface area (Å²) < 4.78 is 1.18.